The van der Waals surface area contributed by atoms with Gasteiger partial charge in [-0.3, -0.25) is 14.6 Å². The van der Waals surface area contributed by atoms with E-state index < -0.39 is 11.9 Å². The van der Waals surface area contributed by atoms with Crippen molar-refractivity contribution in [3.63, 3.8) is 0 Å². The predicted molar refractivity (Wildman–Crippen MR) is 63.3 cm³/mol. The maximum Gasteiger partial charge on any atom is 0.321 e. The number of hydrogen-bond acceptors (Lipinski definition) is 4. The van der Waals surface area contributed by atoms with E-state index in [0.717, 1.165) is 12.7 Å². The minimum atomic E-state index is -0.776. The number of aromatic nitrogens is 1. The first-order valence-corrected chi connectivity index (χ1v) is 5.46. The highest BCUT2D eigenvalue weighted by molar-refractivity contribution is 6.08. The van der Waals surface area contributed by atoms with Gasteiger partial charge in [-0.05, 0) is 18.6 Å². The van der Waals surface area contributed by atoms with Crippen LogP contribution in [-0.4, -0.2) is 16.7 Å². The minimum Gasteiger partial charge on any atom is -0.435 e. The summed E-state index contributed by atoms with van der Waals surface area (Å²) in [5, 5.41) is 0. The van der Waals surface area contributed by atoms with Crippen LogP contribution in [0, 0.1) is 5.92 Å². The van der Waals surface area contributed by atoms with Crippen LogP contribution in [0.4, 0.5) is 0 Å². The number of ketones is 1. The molecule has 1 heterocycles. The zero-order valence-corrected chi connectivity index (χ0v) is 9.76. The lowest BCUT2D eigenvalue weighted by Gasteiger charge is -2.12. The summed E-state index contributed by atoms with van der Waals surface area (Å²) in [5.74, 6) is -1.59. The second kappa shape index (κ2) is 6.58. The molecular formula is C13H15NO3. The molecule has 1 aromatic rings. The van der Waals surface area contributed by atoms with Crippen LogP contribution >= 0.6 is 0 Å². The molecule has 1 unspecified atom stereocenters. The second-order valence-electron chi connectivity index (χ2n) is 3.55. The summed E-state index contributed by atoms with van der Waals surface area (Å²) in [4.78, 5) is 27.5. The number of rotatable bonds is 6. The van der Waals surface area contributed by atoms with Crippen molar-refractivity contribution in [3.8, 4) is 0 Å². The molecule has 0 aliphatic carbocycles. The molecule has 0 aromatic carbocycles. The van der Waals surface area contributed by atoms with E-state index in [0.29, 0.717) is 12.0 Å². The summed E-state index contributed by atoms with van der Waals surface area (Å²) in [6.07, 6.45) is 5.25. The molecule has 1 rings (SSSR count). The van der Waals surface area contributed by atoms with E-state index in [4.69, 9.17) is 0 Å². The van der Waals surface area contributed by atoms with Gasteiger partial charge >= 0.3 is 5.97 Å². The Kier molecular flexibility index (Phi) is 5.07. The topological polar surface area (TPSA) is 56.3 Å². The summed E-state index contributed by atoms with van der Waals surface area (Å²) in [6.45, 7) is 5.22. The standard InChI is InChI=1S/C13H15NO3/c1-3-6-11(13(16)17-4-2)12(15)10-7-5-8-14-9-10/h4-5,7-9,11H,2-3,6H2,1H3. The van der Waals surface area contributed by atoms with E-state index >= 15 is 0 Å². The summed E-state index contributed by atoms with van der Waals surface area (Å²) in [6, 6.07) is 3.30. The Bertz CT molecular complexity index is 400. The van der Waals surface area contributed by atoms with E-state index in [9.17, 15) is 9.59 Å². The van der Waals surface area contributed by atoms with Gasteiger partial charge in [0.2, 0.25) is 0 Å². The average Bonchev–Trinajstić information content (AvgIpc) is 2.36. The fourth-order valence-electron chi connectivity index (χ4n) is 1.52. The quantitative estimate of drug-likeness (QED) is 0.327. The largest absolute Gasteiger partial charge is 0.435 e. The molecule has 0 bridgehead atoms. The van der Waals surface area contributed by atoms with E-state index in [1.807, 2.05) is 6.92 Å². The lowest BCUT2D eigenvalue weighted by atomic mass is 9.94. The van der Waals surface area contributed by atoms with E-state index in [-0.39, 0.29) is 5.78 Å². The molecule has 0 spiro atoms. The van der Waals surface area contributed by atoms with Crippen LogP contribution in [0.15, 0.2) is 37.4 Å². The predicted octanol–water partition coefficient (Wildman–Crippen LogP) is 2.37. The van der Waals surface area contributed by atoms with Crippen molar-refractivity contribution in [1.82, 2.24) is 4.98 Å². The first kappa shape index (κ1) is 13.1. The molecule has 0 saturated heterocycles. The van der Waals surface area contributed by atoms with Crippen LogP contribution in [0.3, 0.4) is 0 Å². The first-order chi connectivity index (χ1) is 8.20. The number of pyridine rings is 1. The lowest BCUT2D eigenvalue weighted by Crippen LogP contribution is -2.25. The summed E-state index contributed by atoms with van der Waals surface area (Å²) >= 11 is 0. The number of Topliss-reactive ketones (excluding diaryl/α,β-unsaturated/α-hetero) is 1. The summed E-state index contributed by atoms with van der Waals surface area (Å²) in [7, 11) is 0. The fourth-order valence-corrected chi connectivity index (χ4v) is 1.52. The van der Waals surface area contributed by atoms with Gasteiger partial charge < -0.3 is 4.74 Å². The molecule has 0 radical (unpaired) electrons. The Morgan fingerprint density at radius 3 is 2.88 bits per heavy atom. The van der Waals surface area contributed by atoms with Crippen LogP contribution in [0.2, 0.25) is 0 Å². The Hall–Kier alpha value is -1.97. The number of esters is 1. The SMILES string of the molecule is C=COC(=O)C(CCC)C(=O)c1cccnc1. The molecule has 1 aromatic heterocycles. The average molecular weight is 233 g/mol. The number of hydrogen-bond donors (Lipinski definition) is 0. The number of nitrogens with zero attached hydrogens (tertiary/aromatic N) is 1. The van der Waals surface area contributed by atoms with Crippen molar-refractivity contribution >= 4 is 11.8 Å². The Labute approximate surface area is 100 Å². The van der Waals surface area contributed by atoms with Gasteiger partial charge in [-0.25, -0.2) is 0 Å². The van der Waals surface area contributed by atoms with Crippen molar-refractivity contribution in [2.24, 2.45) is 5.92 Å². The van der Waals surface area contributed by atoms with E-state index in [1.165, 1.54) is 6.20 Å². The molecule has 0 amide bonds. The molecule has 4 heteroatoms. The molecule has 90 valence electrons. The van der Waals surface area contributed by atoms with Crippen LogP contribution in [0.25, 0.3) is 0 Å². The first-order valence-electron chi connectivity index (χ1n) is 5.46. The van der Waals surface area contributed by atoms with E-state index in [1.54, 1.807) is 18.3 Å². The van der Waals surface area contributed by atoms with Crippen molar-refractivity contribution < 1.29 is 14.3 Å². The Balaban J connectivity index is 2.87. The molecule has 0 aliphatic rings. The molecule has 0 N–H and O–H groups in total. The maximum absolute atomic E-state index is 12.1. The molecule has 17 heavy (non-hydrogen) atoms. The van der Waals surface area contributed by atoms with Gasteiger partial charge in [0.1, 0.15) is 5.92 Å². The van der Waals surface area contributed by atoms with Crippen LogP contribution in [0.1, 0.15) is 30.1 Å². The zero-order valence-electron chi connectivity index (χ0n) is 9.76. The van der Waals surface area contributed by atoms with E-state index in [2.05, 4.69) is 16.3 Å². The maximum atomic E-state index is 12.1. The normalized spacial score (nSPS) is 11.6. The minimum absolute atomic E-state index is 0.258. The van der Waals surface area contributed by atoms with Gasteiger partial charge in [0.05, 0.1) is 6.26 Å². The summed E-state index contributed by atoms with van der Waals surface area (Å²) < 4.78 is 4.68. The molecule has 1 atom stereocenters. The van der Waals surface area contributed by atoms with Gasteiger partial charge in [-0.1, -0.05) is 19.9 Å². The van der Waals surface area contributed by atoms with Crippen molar-refractivity contribution in [2.75, 3.05) is 0 Å². The zero-order chi connectivity index (χ0) is 12.7. The molecule has 0 fully saturated rings. The number of carbonyl (C=O) groups excluding carboxylic acids is 2. The van der Waals surface area contributed by atoms with Crippen molar-refractivity contribution in [3.05, 3.63) is 42.9 Å². The highest BCUT2D eigenvalue weighted by Crippen LogP contribution is 2.15. The Morgan fingerprint density at radius 1 is 1.59 bits per heavy atom. The fraction of sp³-hybridized carbons (Fsp3) is 0.308. The van der Waals surface area contributed by atoms with Crippen LogP contribution in [-0.2, 0) is 9.53 Å². The summed E-state index contributed by atoms with van der Waals surface area (Å²) in [5.41, 5.74) is 0.423. The second-order valence-corrected chi connectivity index (χ2v) is 3.55. The smallest absolute Gasteiger partial charge is 0.321 e. The molecular weight excluding hydrogens is 218 g/mol. The van der Waals surface area contributed by atoms with Gasteiger partial charge in [0, 0.05) is 18.0 Å². The molecule has 4 nitrogen and oxygen atoms in total. The van der Waals surface area contributed by atoms with Crippen LogP contribution in [0.5, 0.6) is 0 Å². The van der Waals surface area contributed by atoms with Crippen molar-refractivity contribution in [2.45, 2.75) is 19.8 Å². The van der Waals surface area contributed by atoms with Gasteiger partial charge in [0.25, 0.3) is 0 Å². The monoisotopic (exact) mass is 233 g/mol. The number of ether oxygens (including phenoxy) is 1. The van der Waals surface area contributed by atoms with Gasteiger partial charge in [-0.15, -0.1) is 0 Å². The third-order valence-electron chi connectivity index (χ3n) is 2.32. The van der Waals surface area contributed by atoms with Crippen LogP contribution < -0.4 is 0 Å². The van der Waals surface area contributed by atoms with Gasteiger partial charge in [-0.2, -0.15) is 0 Å². The Morgan fingerprint density at radius 2 is 2.35 bits per heavy atom. The van der Waals surface area contributed by atoms with Crippen molar-refractivity contribution in [1.29, 1.82) is 0 Å². The highest BCUT2D eigenvalue weighted by atomic mass is 16.5. The highest BCUT2D eigenvalue weighted by Gasteiger charge is 2.27. The third kappa shape index (κ3) is 3.52. The molecule has 0 saturated carbocycles. The number of carbonyl (C=O) groups is 2. The van der Waals surface area contributed by atoms with Gasteiger partial charge in [0.15, 0.2) is 5.78 Å². The molecule has 0 aliphatic heterocycles. The third-order valence-corrected chi connectivity index (χ3v) is 2.32. The lowest BCUT2D eigenvalue weighted by molar-refractivity contribution is -0.141.